The molecule has 0 aromatic carbocycles. The molecular formula is C7H11ClFNO. The van der Waals surface area contributed by atoms with Crippen LogP contribution in [-0.4, -0.2) is 30.0 Å². The summed E-state index contributed by atoms with van der Waals surface area (Å²) in [6, 6.07) is 0. The van der Waals surface area contributed by atoms with Crippen LogP contribution in [0.1, 0.15) is 12.8 Å². The molecule has 0 radical (unpaired) electrons. The normalized spacial score (nSPS) is 33.7. The van der Waals surface area contributed by atoms with Crippen LogP contribution in [0.3, 0.4) is 0 Å². The average molecular weight is 180 g/mol. The lowest BCUT2D eigenvalue weighted by molar-refractivity contribution is -0.118. The summed E-state index contributed by atoms with van der Waals surface area (Å²) in [6.45, 7) is 0.615. The molecule has 1 heterocycles. The van der Waals surface area contributed by atoms with E-state index in [0.29, 0.717) is 13.0 Å². The Morgan fingerprint density at radius 3 is 2.82 bits per heavy atom. The molecular weight excluding hydrogens is 169 g/mol. The number of hydrogen-bond acceptors (Lipinski definition) is 2. The fourth-order valence-electron chi connectivity index (χ4n) is 1.24. The van der Waals surface area contributed by atoms with Crippen LogP contribution < -0.4 is 0 Å². The molecule has 11 heavy (non-hydrogen) atoms. The van der Waals surface area contributed by atoms with Crippen LogP contribution in [0.2, 0.25) is 0 Å². The number of piperidine rings is 1. The molecule has 1 aliphatic rings. The van der Waals surface area contributed by atoms with E-state index in [1.165, 1.54) is 0 Å². The van der Waals surface area contributed by atoms with Crippen molar-refractivity contribution in [3.63, 3.8) is 0 Å². The van der Waals surface area contributed by atoms with Gasteiger partial charge in [-0.25, -0.2) is 4.39 Å². The van der Waals surface area contributed by atoms with Crippen molar-refractivity contribution in [3.05, 3.63) is 0 Å². The molecule has 0 amide bonds. The minimum atomic E-state index is -1.00. The van der Waals surface area contributed by atoms with Crippen LogP contribution >= 0.6 is 11.6 Å². The van der Waals surface area contributed by atoms with Crippen molar-refractivity contribution in [2.24, 2.45) is 5.92 Å². The second-order valence-corrected chi connectivity index (χ2v) is 3.31. The van der Waals surface area contributed by atoms with Gasteiger partial charge in [0.2, 0.25) is 5.24 Å². The van der Waals surface area contributed by atoms with Gasteiger partial charge in [0.15, 0.2) is 6.30 Å². The zero-order valence-corrected chi connectivity index (χ0v) is 7.14. The molecule has 1 aliphatic heterocycles. The van der Waals surface area contributed by atoms with Crippen molar-refractivity contribution < 1.29 is 9.18 Å². The van der Waals surface area contributed by atoms with Gasteiger partial charge in [-0.3, -0.25) is 9.69 Å². The number of nitrogens with zero attached hydrogens (tertiary/aromatic N) is 1. The molecule has 0 aromatic rings. The lowest BCUT2D eigenvalue weighted by Crippen LogP contribution is -2.38. The van der Waals surface area contributed by atoms with E-state index in [2.05, 4.69) is 0 Å². The monoisotopic (exact) mass is 179 g/mol. The minimum absolute atomic E-state index is 0.249. The molecule has 64 valence electrons. The number of likely N-dealkylation sites (tertiary alicyclic amines) is 1. The fourth-order valence-corrected chi connectivity index (χ4v) is 1.44. The Labute approximate surface area is 70.3 Å². The number of alkyl halides is 1. The molecule has 0 aliphatic carbocycles. The third-order valence-electron chi connectivity index (χ3n) is 2.11. The molecule has 2 atom stereocenters. The number of carbonyl (C=O) groups excluding carboxylic acids is 1. The van der Waals surface area contributed by atoms with E-state index in [4.69, 9.17) is 11.6 Å². The van der Waals surface area contributed by atoms with Crippen molar-refractivity contribution in [1.82, 2.24) is 4.90 Å². The first kappa shape index (κ1) is 8.94. The maximum atomic E-state index is 12.9. The SMILES string of the molecule is CN1CCC(C(=O)Cl)CC1F. The summed E-state index contributed by atoms with van der Waals surface area (Å²) >= 11 is 5.25. The lowest BCUT2D eigenvalue weighted by atomic mass is 9.98. The molecule has 0 spiro atoms. The summed E-state index contributed by atoms with van der Waals surface area (Å²) in [5, 5.41) is -0.402. The van der Waals surface area contributed by atoms with Gasteiger partial charge in [0.25, 0.3) is 0 Å². The van der Waals surface area contributed by atoms with Crippen molar-refractivity contribution in [2.75, 3.05) is 13.6 Å². The zero-order chi connectivity index (χ0) is 8.43. The minimum Gasteiger partial charge on any atom is -0.281 e. The predicted molar refractivity (Wildman–Crippen MR) is 41.1 cm³/mol. The zero-order valence-electron chi connectivity index (χ0n) is 6.39. The van der Waals surface area contributed by atoms with Gasteiger partial charge >= 0.3 is 0 Å². The van der Waals surface area contributed by atoms with E-state index in [-0.39, 0.29) is 12.3 Å². The molecule has 2 nitrogen and oxygen atoms in total. The Morgan fingerprint density at radius 2 is 2.36 bits per heavy atom. The van der Waals surface area contributed by atoms with Crippen molar-refractivity contribution in [2.45, 2.75) is 19.1 Å². The second-order valence-electron chi connectivity index (χ2n) is 2.94. The Balaban J connectivity index is 2.46. The molecule has 0 N–H and O–H groups in total. The van der Waals surface area contributed by atoms with Gasteiger partial charge < -0.3 is 0 Å². The Bertz CT molecular complexity index is 165. The van der Waals surface area contributed by atoms with E-state index in [1.807, 2.05) is 0 Å². The number of rotatable bonds is 1. The summed E-state index contributed by atoms with van der Waals surface area (Å²) in [5.74, 6) is -0.275. The van der Waals surface area contributed by atoms with E-state index < -0.39 is 11.5 Å². The van der Waals surface area contributed by atoms with Gasteiger partial charge in [-0.15, -0.1) is 0 Å². The Hall–Kier alpha value is -0.150. The van der Waals surface area contributed by atoms with Gasteiger partial charge in [-0.05, 0) is 25.1 Å². The Morgan fingerprint density at radius 1 is 1.73 bits per heavy atom. The first-order valence-electron chi connectivity index (χ1n) is 3.65. The highest BCUT2D eigenvalue weighted by Crippen LogP contribution is 2.23. The molecule has 1 rings (SSSR count). The number of hydrogen-bond donors (Lipinski definition) is 0. The molecule has 4 heteroatoms. The van der Waals surface area contributed by atoms with E-state index >= 15 is 0 Å². The van der Waals surface area contributed by atoms with Crippen LogP contribution in [0.4, 0.5) is 4.39 Å². The average Bonchev–Trinajstić information content (AvgIpc) is 1.94. The summed E-state index contributed by atoms with van der Waals surface area (Å²) in [4.78, 5) is 12.2. The molecule has 2 unspecified atom stereocenters. The number of halogens is 2. The van der Waals surface area contributed by atoms with Gasteiger partial charge in [0, 0.05) is 18.9 Å². The highest BCUT2D eigenvalue weighted by atomic mass is 35.5. The van der Waals surface area contributed by atoms with Crippen LogP contribution in [0.15, 0.2) is 0 Å². The van der Waals surface area contributed by atoms with Crippen LogP contribution in [0.25, 0.3) is 0 Å². The highest BCUT2D eigenvalue weighted by Gasteiger charge is 2.28. The maximum absolute atomic E-state index is 12.9. The molecule has 0 aromatic heterocycles. The Kier molecular flexibility index (Phi) is 2.84. The quantitative estimate of drug-likeness (QED) is 0.448. The number of carbonyl (C=O) groups is 1. The molecule has 0 bridgehead atoms. The topological polar surface area (TPSA) is 20.3 Å². The largest absolute Gasteiger partial charge is 0.281 e. The summed E-state index contributed by atoms with van der Waals surface area (Å²) in [5.41, 5.74) is 0. The standard InChI is InChI=1S/C7H11ClFNO/c1-10-3-2-5(7(8)11)4-6(10)9/h5-6H,2-4H2,1H3. The van der Waals surface area contributed by atoms with Crippen molar-refractivity contribution in [1.29, 1.82) is 0 Å². The van der Waals surface area contributed by atoms with Crippen LogP contribution in [-0.2, 0) is 4.79 Å². The third kappa shape index (κ3) is 2.14. The highest BCUT2D eigenvalue weighted by molar-refractivity contribution is 6.63. The molecule has 0 saturated carbocycles. The fraction of sp³-hybridized carbons (Fsp3) is 0.857. The summed E-state index contributed by atoms with van der Waals surface area (Å²) < 4.78 is 12.9. The van der Waals surface area contributed by atoms with Gasteiger partial charge in [-0.1, -0.05) is 0 Å². The maximum Gasteiger partial charge on any atom is 0.224 e. The van der Waals surface area contributed by atoms with Crippen LogP contribution in [0.5, 0.6) is 0 Å². The predicted octanol–water partition coefficient (Wildman–Crippen LogP) is 1.39. The van der Waals surface area contributed by atoms with Gasteiger partial charge in [0.1, 0.15) is 0 Å². The van der Waals surface area contributed by atoms with Crippen LogP contribution in [0, 0.1) is 5.92 Å². The first-order valence-corrected chi connectivity index (χ1v) is 4.02. The van der Waals surface area contributed by atoms with E-state index in [1.54, 1.807) is 11.9 Å². The lowest BCUT2D eigenvalue weighted by Gasteiger charge is -2.30. The molecule has 1 saturated heterocycles. The van der Waals surface area contributed by atoms with E-state index in [9.17, 15) is 9.18 Å². The third-order valence-corrected chi connectivity index (χ3v) is 2.42. The van der Waals surface area contributed by atoms with Crippen molar-refractivity contribution >= 4 is 16.8 Å². The summed E-state index contributed by atoms with van der Waals surface area (Å²) in [6.07, 6.45) is -0.0746. The summed E-state index contributed by atoms with van der Waals surface area (Å²) in [7, 11) is 1.71. The molecule has 1 fully saturated rings. The van der Waals surface area contributed by atoms with Crippen molar-refractivity contribution in [3.8, 4) is 0 Å². The van der Waals surface area contributed by atoms with Gasteiger partial charge in [-0.2, -0.15) is 0 Å². The second kappa shape index (κ2) is 3.50. The smallest absolute Gasteiger partial charge is 0.224 e. The van der Waals surface area contributed by atoms with E-state index in [0.717, 1.165) is 0 Å². The van der Waals surface area contributed by atoms with Gasteiger partial charge in [0.05, 0.1) is 0 Å². The first-order chi connectivity index (χ1) is 5.11.